The lowest BCUT2D eigenvalue weighted by atomic mass is 10.4. The highest BCUT2D eigenvalue weighted by Gasteiger charge is 2.03. The lowest BCUT2D eigenvalue weighted by molar-refractivity contribution is 1.17. The van der Waals surface area contributed by atoms with E-state index in [0.717, 1.165) is 11.3 Å². The van der Waals surface area contributed by atoms with Gasteiger partial charge in [-0.05, 0) is 31.2 Å². The van der Waals surface area contributed by atoms with Gasteiger partial charge in [-0.15, -0.1) is 11.3 Å². The van der Waals surface area contributed by atoms with Crippen molar-refractivity contribution in [3.05, 3.63) is 36.2 Å². The molecule has 0 aliphatic heterocycles. The molecule has 3 aromatic rings. The molecule has 0 aliphatic rings. The second kappa shape index (κ2) is 2.33. The van der Waals surface area contributed by atoms with E-state index in [-0.39, 0.29) is 0 Å². The van der Waals surface area contributed by atoms with Gasteiger partial charge in [0, 0.05) is 11.9 Å². The fourth-order valence-electron chi connectivity index (χ4n) is 1.52. The van der Waals surface area contributed by atoms with Crippen LogP contribution in [0.15, 0.2) is 30.5 Å². The smallest absolute Gasteiger partial charge is 0.155 e. The molecule has 3 aromatic heterocycles. The van der Waals surface area contributed by atoms with E-state index >= 15 is 0 Å². The van der Waals surface area contributed by atoms with Gasteiger partial charge in [0.05, 0.1) is 4.70 Å². The highest BCUT2D eigenvalue weighted by atomic mass is 32.1. The van der Waals surface area contributed by atoms with Crippen LogP contribution in [0.2, 0.25) is 0 Å². The molecule has 0 saturated heterocycles. The molecule has 0 aromatic carbocycles. The van der Waals surface area contributed by atoms with Crippen LogP contribution in [0.3, 0.4) is 0 Å². The number of aromatic nitrogens is 2. The monoisotopic (exact) mass is 188 g/mol. The van der Waals surface area contributed by atoms with Crippen LogP contribution in [0, 0.1) is 6.92 Å². The van der Waals surface area contributed by atoms with Crippen molar-refractivity contribution in [2.24, 2.45) is 0 Å². The molecule has 0 fully saturated rings. The summed E-state index contributed by atoms with van der Waals surface area (Å²) < 4.78 is 3.38. The average Bonchev–Trinajstić information content (AvgIpc) is 2.64. The van der Waals surface area contributed by atoms with Gasteiger partial charge in [0.1, 0.15) is 4.83 Å². The topological polar surface area (TPSA) is 17.3 Å². The van der Waals surface area contributed by atoms with Gasteiger partial charge < -0.3 is 0 Å². The standard InChI is InChI=1S/C10H8N2S/c1-7-4-5-8-10(11-7)12-6-2-3-9(12)13-8/h2-6H,1H3. The number of fused-ring (bicyclic) bond motifs is 3. The number of nitrogens with zero attached hydrogens (tertiary/aromatic N) is 2. The first-order valence-electron chi connectivity index (χ1n) is 4.18. The van der Waals surface area contributed by atoms with Gasteiger partial charge >= 0.3 is 0 Å². The minimum absolute atomic E-state index is 1.07. The molecule has 3 heterocycles. The van der Waals surface area contributed by atoms with Gasteiger partial charge in [0.25, 0.3) is 0 Å². The Morgan fingerprint density at radius 3 is 3.15 bits per heavy atom. The molecule has 0 N–H and O–H groups in total. The van der Waals surface area contributed by atoms with E-state index < -0.39 is 0 Å². The molecule has 2 nitrogen and oxygen atoms in total. The summed E-state index contributed by atoms with van der Waals surface area (Å²) in [6, 6.07) is 8.35. The largest absolute Gasteiger partial charge is 0.292 e. The lowest BCUT2D eigenvalue weighted by Gasteiger charge is -1.92. The van der Waals surface area contributed by atoms with Crippen LogP contribution >= 0.6 is 11.3 Å². The third-order valence-corrected chi connectivity index (χ3v) is 3.21. The Bertz CT molecular complexity index is 577. The zero-order valence-electron chi connectivity index (χ0n) is 7.19. The second-order valence-electron chi connectivity index (χ2n) is 3.09. The molecular formula is C10H8N2S. The summed E-state index contributed by atoms with van der Waals surface area (Å²) >= 11 is 1.78. The summed E-state index contributed by atoms with van der Waals surface area (Å²) in [5.41, 5.74) is 2.14. The zero-order valence-corrected chi connectivity index (χ0v) is 8.01. The van der Waals surface area contributed by atoms with Crippen LogP contribution in [0.25, 0.3) is 15.2 Å². The van der Waals surface area contributed by atoms with Crippen molar-refractivity contribution in [3.8, 4) is 0 Å². The second-order valence-corrected chi connectivity index (χ2v) is 4.16. The number of hydrogen-bond acceptors (Lipinski definition) is 2. The van der Waals surface area contributed by atoms with E-state index in [1.807, 2.05) is 6.92 Å². The Morgan fingerprint density at radius 2 is 2.23 bits per heavy atom. The van der Waals surface area contributed by atoms with Gasteiger partial charge in [0.2, 0.25) is 0 Å². The van der Waals surface area contributed by atoms with E-state index in [2.05, 4.69) is 39.8 Å². The summed E-state index contributed by atoms with van der Waals surface area (Å²) in [6.07, 6.45) is 2.06. The number of hydrogen-bond donors (Lipinski definition) is 0. The van der Waals surface area contributed by atoms with Crippen molar-refractivity contribution < 1.29 is 0 Å². The lowest BCUT2D eigenvalue weighted by Crippen LogP contribution is -1.84. The van der Waals surface area contributed by atoms with Crippen molar-refractivity contribution in [2.75, 3.05) is 0 Å². The highest BCUT2D eigenvalue weighted by Crippen LogP contribution is 2.25. The van der Waals surface area contributed by atoms with Gasteiger partial charge in [0.15, 0.2) is 5.65 Å². The molecule has 0 amide bonds. The Morgan fingerprint density at radius 1 is 1.31 bits per heavy atom. The summed E-state index contributed by atoms with van der Waals surface area (Å²) in [5, 5.41) is 0. The summed E-state index contributed by atoms with van der Waals surface area (Å²) in [7, 11) is 0. The zero-order chi connectivity index (χ0) is 8.84. The Balaban J connectivity index is 2.61. The predicted molar refractivity (Wildman–Crippen MR) is 55.3 cm³/mol. The normalized spacial score (nSPS) is 11.5. The van der Waals surface area contributed by atoms with Crippen LogP contribution in [0.4, 0.5) is 0 Å². The fourth-order valence-corrected chi connectivity index (χ4v) is 2.51. The molecular weight excluding hydrogens is 180 g/mol. The van der Waals surface area contributed by atoms with Crippen molar-refractivity contribution in [1.29, 1.82) is 0 Å². The minimum atomic E-state index is 1.07. The quantitative estimate of drug-likeness (QED) is 0.530. The maximum Gasteiger partial charge on any atom is 0.155 e. The molecule has 13 heavy (non-hydrogen) atoms. The van der Waals surface area contributed by atoms with Crippen LogP contribution in [-0.4, -0.2) is 9.38 Å². The third-order valence-electron chi connectivity index (χ3n) is 2.13. The van der Waals surface area contributed by atoms with Crippen molar-refractivity contribution >= 4 is 26.5 Å². The number of pyridine rings is 1. The van der Waals surface area contributed by atoms with Gasteiger partial charge in [-0.1, -0.05) is 0 Å². The third kappa shape index (κ3) is 0.906. The molecule has 3 rings (SSSR count). The fraction of sp³-hybridized carbons (Fsp3) is 0.100. The van der Waals surface area contributed by atoms with E-state index in [1.165, 1.54) is 9.53 Å². The van der Waals surface area contributed by atoms with Crippen LogP contribution in [0.1, 0.15) is 5.69 Å². The molecule has 0 unspecified atom stereocenters. The van der Waals surface area contributed by atoms with E-state index in [9.17, 15) is 0 Å². The van der Waals surface area contributed by atoms with E-state index in [4.69, 9.17) is 0 Å². The molecule has 0 spiro atoms. The molecule has 0 saturated carbocycles. The first kappa shape index (κ1) is 7.09. The van der Waals surface area contributed by atoms with Crippen LogP contribution in [-0.2, 0) is 0 Å². The number of aryl methyl sites for hydroxylation is 1. The summed E-state index contributed by atoms with van der Waals surface area (Å²) in [5.74, 6) is 0. The minimum Gasteiger partial charge on any atom is -0.292 e. The maximum absolute atomic E-state index is 4.51. The Hall–Kier alpha value is -1.35. The Labute approximate surface area is 79.5 Å². The molecule has 0 bridgehead atoms. The SMILES string of the molecule is Cc1ccc2sc3cccn3c2n1. The average molecular weight is 188 g/mol. The molecule has 3 heteroatoms. The predicted octanol–water partition coefficient (Wildman–Crippen LogP) is 2.86. The first-order chi connectivity index (χ1) is 6.34. The summed E-state index contributed by atoms with van der Waals surface area (Å²) in [6.45, 7) is 2.02. The highest BCUT2D eigenvalue weighted by molar-refractivity contribution is 7.23. The van der Waals surface area contributed by atoms with Crippen molar-refractivity contribution in [2.45, 2.75) is 6.92 Å². The van der Waals surface area contributed by atoms with Gasteiger partial charge in [-0.3, -0.25) is 4.40 Å². The number of rotatable bonds is 0. The summed E-state index contributed by atoms with van der Waals surface area (Å²) in [4.78, 5) is 5.77. The number of thiazole rings is 1. The molecule has 64 valence electrons. The Kier molecular flexibility index (Phi) is 1.27. The first-order valence-corrected chi connectivity index (χ1v) is 4.99. The van der Waals surface area contributed by atoms with Gasteiger partial charge in [-0.2, -0.15) is 0 Å². The molecule has 0 atom stereocenters. The molecule has 0 radical (unpaired) electrons. The van der Waals surface area contributed by atoms with Gasteiger partial charge in [-0.25, -0.2) is 4.98 Å². The van der Waals surface area contributed by atoms with E-state index in [0.29, 0.717) is 0 Å². The maximum atomic E-state index is 4.51. The van der Waals surface area contributed by atoms with Crippen molar-refractivity contribution in [1.82, 2.24) is 9.38 Å². The van der Waals surface area contributed by atoms with E-state index in [1.54, 1.807) is 11.3 Å². The van der Waals surface area contributed by atoms with Crippen molar-refractivity contribution in [3.63, 3.8) is 0 Å². The van der Waals surface area contributed by atoms with Crippen LogP contribution < -0.4 is 0 Å². The molecule has 0 aliphatic carbocycles. The van der Waals surface area contributed by atoms with Crippen LogP contribution in [0.5, 0.6) is 0 Å².